The Bertz CT molecular complexity index is 2500. The van der Waals surface area contributed by atoms with Gasteiger partial charge in [0.05, 0.1) is 0 Å². The molecule has 0 saturated carbocycles. The molecule has 4 nitrogen and oxygen atoms in total. The molecule has 0 spiro atoms. The zero-order valence-corrected chi connectivity index (χ0v) is 38.9. The second-order valence-corrected chi connectivity index (χ2v) is 39.6. The second-order valence-electron chi connectivity index (χ2n) is 18.2. The van der Waals surface area contributed by atoms with E-state index in [1.54, 1.807) is 0 Å². The fourth-order valence-electron chi connectivity index (χ4n) is 9.97. The molecular weight excluding hydrogens is 858 g/mol. The van der Waals surface area contributed by atoms with E-state index in [-0.39, 0.29) is 10.8 Å². The molecule has 2 aliphatic rings. The number of fused-ring (bicyclic) bond motifs is 2. The number of benzene rings is 6. The Hall–Kier alpha value is -4.73. The molecule has 0 radical (unpaired) electrons. The molecule has 8 heteroatoms. The first kappa shape index (κ1) is 42.0. The van der Waals surface area contributed by atoms with E-state index in [1.165, 1.54) is 11.1 Å². The van der Waals surface area contributed by atoms with Crippen molar-refractivity contribution in [2.75, 3.05) is 0 Å². The van der Waals surface area contributed by atoms with E-state index in [4.69, 9.17) is 17.0 Å². The topological polar surface area (TPSA) is 58.2 Å². The molecule has 60 heavy (non-hydrogen) atoms. The Morgan fingerprint density at radius 1 is 0.483 bits per heavy atom. The molecule has 0 aliphatic heterocycles. The summed E-state index contributed by atoms with van der Waals surface area (Å²) in [5, 5.41) is 6.05. The van der Waals surface area contributed by atoms with Gasteiger partial charge in [0, 0.05) is 0 Å². The molecule has 8 rings (SSSR count). The van der Waals surface area contributed by atoms with Gasteiger partial charge in [-0.25, -0.2) is 0 Å². The standard InChI is InChI=1S/2C25H23.C2H3BN2O2.2ClH.Zr/c2*1-25(2,3)24-15-8-7-13-22(24)21-14-9-12-19-16-20(17-23(19)21)18-10-5-4-6-11-18;6-1-4-3-5-2-7;;;/h2*4-17H,1-3H3;1-2H,(H-,4,5,6,7);2*1H;/q;;;;;+1/p-1. The zero-order chi connectivity index (χ0) is 42.5. The number of halogens is 2. The number of hydrogen-bond donors (Lipinski definition) is 2. The molecule has 2 unspecified atom stereocenters. The maximum absolute atomic E-state index is 12.9. The fourth-order valence-corrected chi connectivity index (χ4v) is 29.7. The normalized spacial score (nSPS) is 16.7. The van der Waals surface area contributed by atoms with Crippen LogP contribution in [0, 0.1) is 0 Å². The SMILES string of the molecule is CC(C)(C)c1ccccc1-c1cccc2c1C=C(c1ccccc1)[CH]2[Zr]([Cl])([Cl])([B](NC=O)NC=O)[CH]1C(c2ccccc2)=Cc2c(-c3ccccc3C(C)(C)C)cccc21. The Kier molecular flexibility index (Phi) is 11.2. The van der Waals surface area contributed by atoms with Gasteiger partial charge in [0.15, 0.2) is 0 Å². The monoisotopic (exact) mass is 905 g/mol. The van der Waals surface area contributed by atoms with Gasteiger partial charge in [-0.1, -0.05) is 0 Å². The first-order chi connectivity index (χ1) is 28.7. The van der Waals surface area contributed by atoms with Crippen molar-refractivity contribution in [3.8, 4) is 22.3 Å². The Morgan fingerprint density at radius 3 is 1.20 bits per heavy atom. The van der Waals surface area contributed by atoms with Crippen molar-refractivity contribution < 1.29 is 25.8 Å². The van der Waals surface area contributed by atoms with Crippen molar-refractivity contribution in [2.45, 2.75) is 59.6 Å². The van der Waals surface area contributed by atoms with Gasteiger partial charge in [0.25, 0.3) is 0 Å². The second kappa shape index (κ2) is 15.9. The Balaban J connectivity index is 1.49. The number of hydrogen-bond acceptors (Lipinski definition) is 2. The summed E-state index contributed by atoms with van der Waals surface area (Å²) in [6.07, 6.45) is 5.77. The number of allylic oxidation sites excluding steroid dienone is 2. The van der Waals surface area contributed by atoms with Crippen LogP contribution < -0.4 is 10.5 Å². The van der Waals surface area contributed by atoms with Crippen LogP contribution in [0.3, 0.4) is 0 Å². The van der Waals surface area contributed by atoms with Crippen molar-refractivity contribution >= 4 is 57.7 Å². The average Bonchev–Trinajstić information content (AvgIpc) is 3.85. The van der Waals surface area contributed by atoms with Crippen LogP contribution >= 0.6 is 17.0 Å². The minimum atomic E-state index is -6.24. The van der Waals surface area contributed by atoms with E-state index in [9.17, 15) is 9.59 Å². The molecule has 2 atom stereocenters. The predicted molar refractivity (Wildman–Crippen MR) is 251 cm³/mol. The van der Waals surface area contributed by atoms with E-state index in [1.807, 2.05) is 36.4 Å². The molecular formula is C52H50BCl2N2O2Zr. The zero-order valence-electron chi connectivity index (χ0n) is 35.0. The number of carbonyl (C=O) groups excluding carboxylic acids is 2. The van der Waals surface area contributed by atoms with Crippen LogP contribution in [0.1, 0.15) is 93.3 Å². The van der Waals surface area contributed by atoms with Gasteiger partial charge in [0.1, 0.15) is 0 Å². The van der Waals surface area contributed by atoms with Crippen LogP contribution in [0.4, 0.5) is 0 Å². The van der Waals surface area contributed by atoms with Crippen molar-refractivity contribution in [1.82, 2.24) is 10.5 Å². The van der Waals surface area contributed by atoms with Gasteiger partial charge < -0.3 is 0 Å². The van der Waals surface area contributed by atoms with Gasteiger partial charge in [0.2, 0.25) is 0 Å². The summed E-state index contributed by atoms with van der Waals surface area (Å²) < 4.78 is -2.26. The summed E-state index contributed by atoms with van der Waals surface area (Å²) in [5.41, 5.74) is 14.5. The third kappa shape index (κ3) is 7.09. The van der Waals surface area contributed by atoms with Crippen LogP contribution in [-0.2, 0) is 36.6 Å². The van der Waals surface area contributed by atoms with Crippen LogP contribution in [0.15, 0.2) is 146 Å². The molecule has 0 heterocycles. The first-order valence-electron chi connectivity index (χ1n) is 20.6. The third-order valence-electron chi connectivity index (χ3n) is 12.5. The Labute approximate surface area is 363 Å². The molecule has 0 fully saturated rings. The maximum atomic E-state index is 12.9. The van der Waals surface area contributed by atoms with Gasteiger partial charge in [-0.3, -0.25) is 0 Å². The third-order valence-corrected chi connectivity index (χ3v) is 32.3. The summed E-state index contributed by atoms with van der Waals surface area (Å²) in [6, 6.07) is 50.5. The van der Waals surface area contributed by atoms with Gasteiger partial charge in [-0.2, -0.15) is 0 Å². The number of carbonyl (C=O) groups is 2. The molecule has 2 aliphatic carbocycles. The van der Waals surface area contributed by atoms with Crippen LogP contribution in [0.5, 0.6) is 0 Å². The van der Waals surface area contributed by atoms with Crippen LogP contribution in [-0.4, -0.2) is 17.3 Å². The first-order valence-corrected chi connectivity index (χ1v) is 31.2. The van der Waals surface area contributed by atoms with Crippen LogP contribution in [0.2, 0.25) is 0 Å². The Morgan fingerprint density at radius 2 is 0.833 bits per heavy atom. The molecule has 0 aromatic heterocycles. The van der Waals surface area contributed by atoms with Crippen molar-refractivity contribution in [2.24, 2.45) is 0 Å². The molecule has 6 aromatic rings. The summed E-state index contributed by atoms with van der Waals surface area (Å²) in [5.74, 6) is 0. The van der Waals surface area contributed by atoms with Gasteiger partial charge >= 0.3 is 366 Å². The minimum absolute atomic E-state index is 0.133. The molecule has 6 aromatic carbocycles. The van der Waals surface area contributed by atoms with Crippen LogP contribution in [0.25, 0.3) is 45.6 Å². The number of nitrogens with one attached hydrogen (secondary N) is 2. The summed E-state index contributed by atoms with van der Waals surface area (Å²) in [7, 11) is 17.9. The van der Waals surface area contributed by atoms with Crippen molar-refractivity contribution in [3.63, 3.8) is 0 Å². The fraction of sp³-hybridized carbons (Fsp3) is 0.192. The van der Waals surface area contributed by atoms with E-state index in [2.05, 4.69) is 173 Å². The predicted octanol–water partition coefficient (Wildman–Crippen LogP) is 13.0. The summed E-state index contributed by atoms with van der Waals surface area (Å²) in [4.78, 5) is 25.7. The van der Waals surface area contributed by atoms with E-state index in [0.717, 1.165) is 66.8 Å². The van der Waals surface area contributed by atoms with Crippen molar-refractivity contribution in [1.29, 1.82) is 0 Å². The number of amides is 2. The summed E-state index contributed by atoms with van der Waals surface area (Å²) >= 11 is -6.24. The molecule has 0 saturated heterocycles. The van der Waals surface area contributed by atoms with E-state index >= 15 is 0 Å². The summed E-state index contributed by atoms with van der Waals surface area (Å²) in [6.45, 7) is 13.4. The molecule has 2 amide bonds. The van der Waals surface area contributed by atoms with Gasteiger partial charge in [-0.15, -0.1) is 0 Å². The number of rotatable bonds is 11. The van der Waals surface area contributed by atoms with E-state index in [0.29, 0.717) is 12.8 Å². The molecule has 0 bridgehead atoms. The van der Waals surface area contributed by atoms with Crippen molar-refractivity contribution in [3.05, 3.63) is 190 Å². The van der Waals surface area contributed by atoms with E-state index < -0.39 is 27.9 Å². The molecule has 2 N–H and O–H groups in total. The average molecular weight is 908 g/mol. The van der Waals surface area contributed by atoms with Gasteiger partial charge in [-0.05, 0) is 0 Å². The molecule has 301 valence electrons. The quantitative estimate of drug-likeness (QED) is 0.101.